The number of hydrogen-bond donors (Lipinski definition) is 0. The average molecular weight is 575 g/mol. The molecule has 33 heavy (non-hydrogen) atoms. The number of rotatable bonds is 5. The first-order valence-electron chi connectivity index (χ1n) is 9.34. The summed E-state index contributed by atoms with van der Waals surface area (Å²) in [6, 6.07) is 15.0. The normalized spacial score (nSPS) is 11.2. The van der Waals surface area contributed by atoms with Gasteiger partial charge in [0.15, 0.2) is 0 Å². The van der Waals surface area contributed by atoms with Crippen molar-refractivity contribution >= 4 is 68.6 Å². The lowest BCUT2D eigenvalue weighted by Crippen LogP contribution is -2.22. The van der Waals surface area contributed by atoms with Gasteiger partial charge in [-0.3, -0.25) is 29.6 Å². The van der Waals surface area contributed by atoms with Gasteiger partial charge in [-0.15, -0.1) is 0 Å². The molecule has 0 aliphatic rings. The van der Waals surface area contributed by atoms with E-state index in [1.54, 1.807) is 36.4 Å². The first-order valence-corrected chi connectivity index (χ1v) is 10.8. The van der Waals surface area contributed by atoms with Crippen LogP contribution in [0, 0.1) is 23.8 Å². The van der Waals surface area contributed by atoms with Gasteiger partial charge in [0.2, 0.25) is 0 Å². The van der Waals surface area contributed by atoms with E-state index in [-0.39, 0.29) is 27.9 Å². The van der Waals surface area contributed by atoms with Gasteiger partial charge in [-0.25, -0.2) is 4.98 Å². The number of non-ortho nitro benzene ring substituents is 2. The van der Waals surface area contributed by atoms with Gasteiger partial charge in [-0.2, -0.15) is 0 Å². The summed E-state index contributed by atoms with van der Waals surface area (Å²) in [7, 11) is 0. The Morgan fingerprint density at radius 2 is 1.58 bits per heavy atom. The van der Waals surface area contributed by atoms with Crippen LogP contribution in [0.4, 0.5) is 11.4 Å². The highest BCUT2D eigenvalue weighted by Crippen LogP contribution is 2.27. The third-order valence-corrected chi connectivity index (χ3v) is 5.74. The van der Waals surface area contributed by atoms with E-state index in [1.807, 2.05) is 6.07 Å². The summed E-state index contributed by atoms with van der Waals surface area (Å²) in [5.41, 5.74) is 0.724. The second kappa shape index (κ2) is 9.08. The summed E-state index contributed by atoms with van der Waals surface area (Å²) < 4.78 is 2.13. The van der Waals surface area contributed by atoms with Crippen LogP contribution in [0.3, 0.4) is 0 Å². The Morgan fingerprint density at radius 1 is 0.909 bits per heavy atom. The van der Waals surface area contributed by atoms with Crippen molar-refractivity contribution in [1.82, 2.24) is 9.55 Å². The molecule has 1 aromatic heterocycles. The van der Waals surface area contributed by atoms with Gasteiger partial charge in [-0.1, -0.05) is 17.7 Å². The van der Waals surface area contributed by atoms with Crippen molar-refractivity contribution in [1.29, 1.82) is 0 Å². The molecule has 9 nitrogen and oxygen atoms in total. The molecule has 0 aliphatic carbocycles. The summed E-state index contributed by atoms with van der Waals surface area (Å²) in [4.78, 5) is 38.9. The number of benzene rings is 3. The van der Waals surface area contributed by atoms with E-state index in [0.29, 0.717) is 16.5 Å². The fourth-order valence-corrected chi connectivity index (χ4v) is 3.94. The van der Waals surface area contributed by atoms with Crippen LogP contribution in [0.2, 0.25) is 5.02 Å². The smallest absolute Gasteiger partial charge is 0.268 e. The standard InChI is InChI=1S/C22H12ClIN4O5/c23-18-12-16(28(32)33)7-9-20(18)26-21(10-3-13-1-5-15(6-2-13)27(30)31)25-19-8-4-14(24)11-17(19)22(26)29/h1-12H. The fraction of sp³-hybridized carbons (Fsp3) is 0. The Kier molecular flexibility index (Phi) is 6.20. The van der Waals surface area contributed by atoms with Crippen LogP contribution < -0.4 is 5.56 Å². The Morgan fingerprint density at radius 3 is 2.21 bits per heavy atom. The highest BCUT2D eigenvalue weighted by atomic mass is 127. The van der Waals surface area contributed by atoms with Crippen LogP contribution in [0.25, 0.3) is 28.7 Å². The van der Waals surface area contributed by atoms with Gasteiger partial charge in [0.1, 0.15) is 5.82 Å². The number of nitrogens with zero attached hydrogens (tertiary/aromatic N) is 4. The predicted octanol–water partition coefficient (Wildman–Crippen LogP) is 5.63. The third kappa shape index (κ3) is 4.61. The Bertz CT molecular complexity index is 1520. The number of fused-ring (bicyclic) bond motifs is 1. The van der Waals surface area contributed by atoms with Gasteiger partial charge in [0.25, 0.3) is 16.9 Å². The highest BCUT2D eigenvalue weighted by Gasteiger charge is 2.17. The summed E-state index contributed by atoms with van der Waals surface area (Å²) >= 11 is 8.41. The topological polar surface area (TPSA) is 121 Å². The van der Waals surface area contributed by atoms with Crippen LogP contribution in [0.1, 0.15) is 11.4 Å². The first-order chi connectivity index (χ1) is 15.7. The quantitative estimate of drug-likeness (QED) is 0.173. The molecule has 0 saturated carbocycles. The van der Waals surface area contributed by atoms with Crippen molar-refractivity contribution in [2.45, 2.75) is 0 Å². The molecule has 0 radical (unpaired) electrons. The molecule has 0 aliphatic heterocycles. The average Bonchev–Trinajstić information content (AvgIpc) is 2.79. The molecule has 164 valence electrons. The largest absolute Gasteiger partial charge is 0.271 e. The Hall–Kier alpha value is -3.64. The molecule has 4 aromatic rings. The number of nitro benzene ring substituents is 2. The van der Waals surface area contributed by atoms with Crippen LogP contribution in [-0.2, 0) is 0 Å². The molecular weight excluding hydrogens is 563 g/mol. The monoisotopic (exact) mass is 574 g/mol. The molecule has 0 unspecified atom stereocenters. The maximum atomic E-state index is 13.4. The molecule has 0 amide bonds. The number of hydrogen-bond acceptors (Lipinski definition) is 6. The Balaban J connectivity index is 1.91. The predicted molar refractivity (Wildman–Crippen MR) is 134 cm³/mol. The molecule has 0 saturated heterocycles. The highest BCUT2D eigenvalue weighted by molar-refractivity contribution is 14.1. The minimum atomic E-state index is -0.575. The summed E-state index contributed by atoms with van der Waals surface area (Å²) in [6.07, 6.45) is 3.23. The molecule has 4 rings (SSSR count). The van der Waals surface area contributed by atoms with Crippen LogP contribution >= 0.6 is 34.2 Å². The first kappa shape index (κ1) is 22.6. The van der Waals surface area contributed by atoms with Crippen molar-refractivity contribution in [2.24, 2.45) is 0 Å². The zero-order valence-electron chi connectivity index (χ0n) is 16.5. The third-order valence-electron chi connectivity index (χ3n) is 4.77. The van der Waals surface area contributed by atoms with Crippen LogP contribution in [0.5, 0.6) is 0 Å². The second-order valence-electron chi connectivity index (χ2n) is 6.85. The molecule has 0 bridgehead atoms. The van der Waals surface area contributed by atoms with Crippen molar-refractivity contribution in [2.75, 3.05) is 0 Å². The molecular formula is C22H12ClIN4O5. The zero-order chi connectivity index (χ0) is 23.7. The van der Waals surface area contributed by atoms with Crippen molar-refractivity contribution < 1.29 is 9.85 Å². The van der Waals surface area contributed by atoms with Gasteiger partial charge < -0.3 is 0 Å². The lowest BCUT2D eigenvalue weighted by Gasteiger charge is -2.13. The van der Waals surface area contributed by atoms with Crippen molar-refractivity contribution in [3.63, 3.8) is 0 Å². The molecule has 3 aromatic carbocycles. The lowest BCUT2D eigenvalue weighted by molar-refractivity contribution is -0.385. The zero-order valence-corrected chi connectivity index (χ0v) is 19.4. The van der Waals surface area contributed by atoms with Gasteiger partial charge in [-0.05, 0) is 70.6 Å². The minimum Gasteiger partial charge on any atom is -0.268 e. The summed E-state index contributed by atoms with van der Waals surface area (Å²) in [5.74, 6) is 0.239. The van der Waals surface area contributed by atoms with E-state index in [4.69, 9.17) is 11.6 Å². The van der Waals surface area contributed by atoms with E-state index >= 15 is 0 Å². The number of aromatic nitrogens is 2. The van der Waals surface area contributed by atoms with Gasteiger partial charge in [0, 0.05) is 27.8 Å². The number of halogens is 2. The molecule has 0 fully saturated rings. The molecule has 0 N–H and O–H groups in total. The van der Waals surface area contributed by atoms with Crippen LogP contribution in [0.15, 0.2) is 65.5 Å². The molecule has 0 spiro atoms. The number of nitro groups is 2. The molecule has 1 heterocycles. The lowest BCUT2D eigenvalue weighted by atomic mass is 10.2. The van der Waals surface area contributed by atoms with Gasteiger partial charge in [0.05, 0.1) is 31.5 Å². The van der Waals surface area contributed by atoms with E-state index in [9.17, 15) is 25.0 Å². The molecule has 11 heteroatoms. The molecule has 0 atom stereocenters. The SMILES string of the molecule is O=c1c2cc(I)ccc2nc(C=Cc2ccc([N+](=O)[O-])cc2)n1-c1ccc([N+](=O)[O-])cc1Cl. The van der Waals surface area contributed by atoms with E-state index < -0.39 is 15.4 Å². The maximum absolute atomic E-state index is 13.4. The van der Waals surface area contributed by atoms with Crippen molar-refractivity contribution in [3.8, 4) is 5.69 Å². The van der Waals surface area contributed by atoms with E-state index in [2.05, 4.69) is 27.6 Å². The van der Waals surface area contributed by atoms with Crippen LogP contribution in [-0.4, -0.2) is 19.4 Å². The second-order valence-corrected chi connectivity index (χ2v) is 8.50. The maximum Gasteiger partial charge on any atom is 0.271 e. The summed E-state index contributed by atoms with van der Waals surface area (Å²) in [5, 5.41) is 22.3. The fourth-order valence-electron chi connectivity index (χ4n) is 3.19. The van der Waals surface area contributed by atoms with E-state index in [0.717, 1.165) is 3.57 Å². The Labute approximate surface area is 204 Å². The van der Waals surface area contributed by atoms with Crippen molar-refractivity contribution in [3.05, 3.63) is 111 Å². The van der Waals surface area contributed by atoms with E-state index in [1.165, 1.54) is 34.9 Å². The van der Waals surface area contributed by atoms with Gasteiger partial charge >= 0.3 is 0 Å². The minimum absolute atomic E-state index is 0.0167. The summed E-state index contributed by atoms with van der Waals surface area (Å²) in [6.45, 7) is 0.